The molecule has 0 N–H and O–H groups in total. The van der Waals surface area contributed by atoms with Crippen molar-refractivity contribution in [3.63, 3.8) is 0 Å². The van der Waals surface area contributed by atoms with E-state index in [9.17, 15) is 22.0 Å². The van der Waals surface area contributed by atoms with Gasteiger partial charge in [-0.25, -0.2) is 17.6 Å². The number of hydrogen-bond donors (Lipinski definition) is 0. The maximum absolute atomic E-state index is 15.8. The van der Waals surface area contributed by atoms with Crippen LogP contribution in [0.3, 0.4) is 0 Å². The van der Waals surface area contributed by atoms with Crippen LogP contribution >= 0.6 is 0 Å². The fourth-order valence-corrected chi connectivity index (χ4v) is 5.91. The first-order valence-electron chi connectivity index (χ1n) is 14.3. The van der Waals surface area contributed by atoms with Crippen molar-refractivity contribution in [2.75, 3.05) is 19.8 Å². The molecule has 0 aliphatic carbocycles. The summed E-state index contributed by atoms with van der Waals surface area (Å²) in [6, 6.07) is 9.99. The molecular formula is C34H27F7O3. The molecule has 0 atom stereocenters. The van der Waals surface area contributed by atoms with Crippen LogP contribution in [-0.2, 0) is 20.2 Å². The van der Waals surface area contributed by atoms with Gasteiger partial charge in [0.25, 0.3) is 0 Å². The van der Waals surface area contributed by atoms with E-state index in [1.165, 1.54) is 18.1 Å². The standard InChI is InChI=1S/C34H27F7O3/c1-2-3-4-5-11-32-17-42-34(43-18-32,44-19-32)23-7-9-25-22(14-23)16-28(36)29(31(25)38)20-6-8-24-21(13-20)15-27(35)26(30(24)37)10-12-33(39,40)41/h6-9,13-16H,2-5,11,17-19H2,1H3. The lowest BCUT2D eigenvalue weighted by Crippen LogP contribution is -2.58. The molecule has 3 aliphatic heterocycles. The van der Waals surface area contributed by atoms with Crippen LogP contribution in [0.1, 0.15) is 50.2 Å². The second-order valence-electron chi connectivity index (χ2n) is 11.4. The zero-order chi connectivity index (χ0) is 31.3. The Morgan fingerprint density at radius 2 is 1.39 bits per heavy atom. The van der Waals surface area contributed by atoms with Crippen LogP contribution in [0.4, 0.5) is 30.7 Å². The van der Waals surface area contributed by atoms with E-state index in [2.05, 4.69) is 6.92 Å². The van der Waals surface area contributed by atoms with Crippen LogP contribution in [0.15, 0.2) is 48.5 Å². The fourth-order valence-electron chi connectivity index (χ4n) is 5.91. The lowest BCUT2D eigenvalue weighted by Gasteiger charge is -2.52. The molecule has 3 heterocycles. The third kappa shape index (κ3) is 5.53. The Balaban J connectivity index is 1.30. The second-order valence-corrected chi connectivity index (χ2v) is 11.4. The molecule has 0 unspecified atom stereocenters. The minimum atomic E-state index is -4.94. The predicted octanol–water partition coefficient (Wildman–Crippen LogP) is 9.27. The smallest absolute Gasteiger partial charge is 0.323 e. The van der Waals surface area contributed by atoms with Gasteiger partial charge < -0.3 is 14.2 Å². The highest BCUT2D eigenvalue weighted by molar-refractivity contribution is 5.93. The summed E-state index contributed by atoms with van der Waals surface area (Å²) in [5.74, 6) is -3.62. The summed E-state index contributed by atoms with van der Waals surface area (Å²) in [6.07, 6.45) is 0.454. The Kier molecular flexibility index (Phi) is 7.85. The number of hydrogen-bond acceptors (Lipinski definition) is 3. The van der Waals surface area contributed by atoms with E-state index in [0.717, 1.165) is 62.3 Å². The van der Waals surface area contributed by atoms with Gasteiger partial charge in [0, 0.05) is 27.7 Å². The third-order valence-corrected chi connectivity index (χ3v) is 8.29. The summed E-state index contributed by atoms with van der Waals surface area (Å²) in [6.45, 7) is 3.48. The van der Waals surface area contributed by atoms with E-state index in [-0.39, 0.29) is 32.5 Å². The van der Waals surface area contributed by atoms with Gasteiger partial charge in [0.1, 0.15) is 23.3 Å². The first kappa shape index (κ1) is 30.4. The first-order valence-corrected chi connectivity index (χ1v) is 14.3. The van der Waals surface area contributed by atoms with Gasteiger partial charge >= 0.3 is 12.1 Å². The highest BCUT2D eigenvalue weighted by atomic mass is 19.4. The lowest BCUT2D eigenvalue weighted by atomic mass is 9.82. The van der Waals surface area contributed by atoms with Gasteiger partial charge in [0.15, 0.2) is 0 Å². The molecule has 0 amide bonds. The second kappa shape index (κ2) is 11.4. The average molecular weight is 617 g/mol. The Labute approximate surface area is 248 Å². The largest absolute Gasteiger partial charge is 0.458 e. The molecule has 10 heteroatoms. The molecule has 3 nitrogen and oxygen atoms in total. The molecule has 7 rings (SSSR count). The van der Waals surface area contributed by atoms with Crippen LogP contribution in [0.5, 0.6) is 0 Å². The van der Waals surface area contributed by atoms with Gasteiger partial charge in [-0.1, -0.05) is 62.8 Å². The summed E-state index contributed by atoms with van der Waals surface area (Å²) in [5.41, 5.74) is -1.26. The topological polar surface area (TPSA) is 27.7 Å². The fraction of sp³-hybridized carbons (Fsp3) is 0.353. The Bertz CT molecular complexity index is 1800. The molecule has 230 valence electrons. The van der Waals surface area contributed by atoms with E-state index in [1.807, 2.05) is 0 Å². The quantitative estimate of drug-likeness (QED) is 0.118. The van der Waals surface area contributed by atoms with Crippen LogP contribution < -0.4 is 0 Å². The zero-order valence-corrected chi connectivity index (χ0v) is 23.6. The Morgan fingerprint density at radius 1 is 0.750 bits per heavy atom. The molecule has 0 saturated carbocycles. The highest BCUT2D eigenvalue weighted by Gasteiger charge is 2.53. The van der Waals surface area contributed by atoms with Gasteiger partial charge in [-0.3, -0.25) is 0 Å². The molecular weight excluding hydrogens is 589 g/mol. The number of benzene rings is 4. The maximum Gasteiger partial charge on any atom is 0.458 e. The van der Waals surface area contributed by atoms with E-state index in [4.69, 9.17) is 14.2 Å². The van der Waals surface area contributed by atoms with Crippen molar-refractivity contribution in [2.24, 2.45) is 5.41 Å². The average Bonchev–Trinajstić information content (AvgIpc) is 2.99. The van der Waals surface area contributed by atoms with Gasteiger partial charge in [-0.15, -0.1) is 0 Å². The Morgan fingerprint density at radius 3 is 2.07 bits per heavy atom. The maximum atomic E-state index is 15.8. The molecule has 0 spiro atoms. The summed E-state index contributed by atoms with van der Waals surface area (Å²) in [4.78, 5) is 0. The minimum Gasteiger partial charge on any atom is -0.323 e. The van der Waals surface area contributed by atoms with Gasteiger partial charge in [0.2, 0.25) is 0 Å². The molecule has 0 radical (unpaired) electrons. The zero-order valence-electron chi connectivity index (χ0n) is 23.6. The number of unbranched alkanes of at least 4 members (excludes halogenated alkanes) is 3. The van der Waals surface area contributed by atoms with Crippen LogP contribution in [-0.4, -0.2) is 26.0 Å². The highest BCUT2D eigenvalue weighted by Crippen LogP contribution is 2.47. The molecule has 3 aliphatic rings. The molecule has 0 aromatic heterocycles. The van der Waals surface area contributed by atoms with Crippen LogP contribution in [0.2, 0.25) is 0 Å². The summed E-state index contributed by atoms with van der Waals surface area (Å²) in [5, 5.41) is -0.0595. The SMILES string of the molecule is CCCCCCC12COC(c3ccc4c(F)c(-c5ccc6c(F)c(C#CC(F)(F)F)c(F)cc6c5)c(F)cc4c3)(OC1)OC2. The molecule has 3 saturated heterocycles. The van der Waals surface area contributed by atoms with Gasteiger partial charge in [-0.2, -0.15) is 13.2 Å². The molecule has 4 aromatic carbocycles. The first-order chi connectivity index (χ1) is 20.9. The van der Waals surface area contributed by atoms with E-state index < -0.39 is 46.5 Å². The third-order valence-electron chi connectivity index (χ3n) is 8.29. The number of halogens is 7. The lowest BCUT2D eigenvalue weighted by molar-refractivity contribution is -0.480. The number of fused-ring (bicyclic) bond motifs is 5. The van der Waals surface area contributed by atoms with Gasteiger partial charge in [0.05, 0.1) is 30.9 Å². The van der Waals surface area contributed by atoms with Crippen molar-refractivity contribution in [3.05, 3.63) is 82.9 Å². The molecule has 4 aromatic rings. The van der Waals surface area contributed by atoms with Crippen molar-refractivity contribution in [1.82, 2.24) is 0 Å². The monoisotopic (exact) mass is 616 g/mol. The normalized spacial score (nSPS) is 21.5. The molecule has 44 heavy (non-hydrogen) atoms. The van der Waals surface area contributed by atoms with E-state index >= 15 is 8.78 Å². The van der Waals surface area contributed by atoms with Crippen LogP contribution in [0, 0.1) is 40.5 Å². The van der Waals surface area contributed by atoms with Crippen molar-refractivity contribution in [1.29, 1.82) is 0 Å². The van der Waals surface area contributed by atoms with Crippen molar-refractivity contribution < 1.29 is 44.9 Å². The van der Waals surface area contributed by atoms with Crippen molar-refractivity contribution >= 4 is 21.5 Å². The minimum absolute atomic E-state index is 0.0187. The number of ether oxygens (including phenoxy) is 3. The summed E-state index contributed by atoms with van der Waals surface area (Å²) < 4.78 is 116. The summed E-state index contributed by atoms with van der Waals surface area (Å²) >= 11 is 0. The van der Waals surface area contributed by atoms with E-state index in [0.29, 0.717) is 25.4 Å². The Hall–Kier alpha value is -3.65. The molecule has 3 fully saturated rings. The predicted molar refractivity (Wildman–Crippen MR) is 150 cm³/mol. The number of rotatable bonds is 7. The van der Waals surface area contributed by atoms with Crippen molar-refractivity contribution in [3.8, 4) is 23.0 Å². The van der Waals surface area contributed by atoms with Crippen LogP contribution in [0.25, 0.3) is 32.7 Å². The number of alkyl halides is 3. The molecule has 2 bridgehead atoms. The van der Waals surface area contributed by atoms with Gasteiger partial charge in [-0.05, 0) is 47.0 Å². The van der Waals surface area contributed by atoms with E-state index in [1.54, 1.807) is 12.1 Å². The summed E-state index contributed by atoms with van der Waals surface area (Å²) in [7, 11) is 0. The van der Waals surface area contributed by atoms with Crippen molar-refractivity contribution in [2.45, 2.75) is 51.2 Å².